The molecule has 0 spiro atoms. The van der Waals surface area contributed by atoms with Gasteiger partial charge in [0.25, 0.3) is 0 Å². The van der Waals surface area contributed by atoms with Crippen LogP contribution < -0.4 is 10.4 Å². The van der Waals surface area contributed by atoms with Gasteiger partial charge in [-0.2, -0.15) is 0 Å². The summed E-state index contributed by atoms with van der Waals surface area (Å²) in [6, 6.07) is 17.6. The van der Waals surface area contributed by atoms with Gasteiger partial charge in [-0.3, -0.25) is 0 Å². The largest absolute Gasteiger partial charge is 0.122 e. The molecule has 14 heavy (non-hydrogen) atoms. The third-order valence-corrected chi connectivity index (χ3v) is 4.20. The number of rotatable bonds is 0. The molecule has 0 saturated heterocycles. The van der Waals surface area contributed by atoms with Crippen LogP contribution in [-0.4, -0.2) is 9.52 Å². The van der Waals surface area contributed by atoms with Crippen LogP contribution in [0.25, 0.3) is 0 Å². The molecule has 0 atom stereocenters. The van der Waals surface area contributed by atoms with Crippen molar-refractivity contribution in [3.05, 3.63) is 59.7 Å². The van der Waals surface area contributed by atoms with Crippen molar-refractivity contribution in [3.63, 3.8) is 0 Å². The maximum absolute atomic E-state index is 2.25. The second kappa shape index (κ2) is 3.10. The van der Waals surface area contributed by atoms with Gasteiger partial charge in [0.15, 0.2) is 0 Å². The number of benzene rings is 2. The van der Waals surface area contributed by atoms with Gasteiger partial charge in [0, 0.05) is 0 Å². The zero-order valence-electron chi connectivity index (χ0n) is 7.83. The van der Waals surface area contributed by atoms with Gasteiger partial charge in [0.05, 0.1) is 0 Å². The zero-order valence-corrected chi connectivity index (χ0v) is 8.83. The normalized spacial score (nSPS) is 13.1. The van der Waals surface area contributed by atoms with E-state index in [2.05, 4.69) is 48.5 Å². The second-order valence-electron chi connectivity index (χ2n) is 3.62. The smallest absolute Gasteiger partial charge is 0.0628 e. The summed E-state index contributed by atoms with van der Waals surface area (Å²) in [5.41, 5.74) is 3.01. The molecular weight excluding hydrogens is 184 g/mol. The maximum atomic E-state index is 2.25. The van der Waals surface area contributed by atoms with Gasteiger partial charge in [-0.25, -0.2) is 0 Å². The molecule has 0 unspecified atom stereocenters. The van der Waals surface area contributed by atoms with E-state index in [1.807, 2.05) is 0 Å². The van der Waals surface area contributed by atoms with Crippen molar-refractivity contribution < 1.29 is 0 Å². The molecule has 0 fully saturated rings. The Morgan fingerprint density at radius 1 is 0.714 bits per heavy atom. The molecule has 1 aliphatic rings. The van der Waals surface area contributed by atoms with E-state index >= 15 is 0 Å². The molecule has 1 aliphatic heterocycles. The highest BCUT2D eigenvalue weighted by Crippen LogP contribution is 2.09. The number of hydrogen-bond donors (Lipinski definition) is 0. The molecule has 2 radical (unpaired) electrons. The fourth-order valence-electron chi connectivity index (χ4n) is 1.94. The first-order chi connectivity index (χ1) is 6.93. The lowest BCUT2D eigenvalue weighted by Crippen LogP contribution is -2.36. The topological polar surface area (TPSA) is 0 Å². The average Bonchev–Trinajstić information content (AvgIpc) is 2.26. The van der Waals surface area contributed by atoms with E-state index in [4.69, 9.17) is 0 Å². The summed E-state index contributed by atoms with van der Waals surface area (Å²) < 4.78 is 0. The summed E-state index contributed by atoms with van der Waals surface area (Å²) in [7, 11) is 0.844. The number of hydrogen-bond acceptors (Lipinski definition) is 0. The van der Waals surface area contributed by atoms with Gasteiger partial charge in [-0.1, -0.05) is 58.9 Å². The molecule has 2 aromatic rings. The Balaban J connectivity index is 2.12. The van der Waals surface area contributed by atoms with Crippen LogP contribution >= 0.6 is 0 Å². The van der Waals surface area contributed by atoms with Gasteiger partial charge >= 0.3 is 0 Å². The monoisotopic (exact) mass is 194 g/mol. The fraction of sp³-hybridized carbons (Fsp3) is 0.0769. The number of fused-ring (bicyclic) bond motifs is 2. The summed E-state index contributed by atoms with van der Waals surface area (Å²) in [5.74, 6) is 0. The zero-order chi connectivity index (χ0) is 9.38. The highest BCUT2D eigenvalue weighted by atomic mass is 28.2. The molecule has 0 nitrogen and oxygen atoms in total. The lowest BCUT2D eigenvalue weighted by Gasteiger charge is -2.18. The van der Waals surface area contributed by atoms with Gasteiger partial charge in [0.2, 0.25) is 0 Å². The summed E-state index contributed by atoms with van der Waals surface area (Å²) >= 11 is 0. The van der Waals surface area contributed by atoms with E-state index in [1.54, 1.807) is 0 Å². The van der Waals surface area contributed by atoms with Gasteiger partial charge < -0.3 is 0 Å². The quantitative estimate of drug-likeness (QED) is 0.472. The highest BCUT2D eigenvalue weighted by molar-refractivity contribution is 6.68. The Hall–Kier alpha value is -1.34. The van der Waals surface area contributed by atoms with Crippen LogP contribution in [0, 0.1) is 0 Å². The standard InChI is InChI=1S/C13H10Si/c1-3-7-12-10(5-1)9-11-6-2-4-8-13(11)14-12/h1-8H,9H2. The van der Waals surface area contributed by atoms with Crippen molar-refractivity contribution >= 4 is 19.9 Å². The van der Waals surface area contributed by atoms with Crippen LogP contribution in [-0.2, 0) is 6.42 Å². The Bertz CT molecular complexity index is 387. The first-order valence-electron chi connectivity index (χ1n) is 4.86. The molecule has 66 valence electrons. The highest BCUT2D eigenvalue weighted by Gasteiger charge is 2.14. The van der Waals surface area contributed by atoms with Crippen molar-refractivity contribution in [1.82, 2.24) is 0 Å². The lowest BCUT2D eigenvalue weighted by molar-refractivity contribution is 1.21. The van der Waals surface area contributed by atoms with Crippen molar-refractivity contribution in [2.75, 3.05) is 0 Å². The van der Waals surface area contributed by atoms with E-state index in [0.29, 0.717) is 0 Å². The second-order valence-corrected chi connectivity index (χ2v) is 4.94. The first-order valence-corrected chi connectivity index (χ1v) is 5.86. The summed E-state index contributed by atoms with van der Waals surface area (Å²) in [5, 5.41) is 3.04. The molecule has 0 saturated carbocycles. The Labute approximate surface area is 86.4 Å². The van der Waals surface area contributed by atoms with E-state index in [1.165, 1.54) is 21.5 Å². The van der Waals surface area contributed by atoms with Crippen molar-refractivity contribution in [2.24, 2.45) is 0 Å². The summed E-state index contributed by atoms with van der Waals surface area (Å²) in [6.45, 7) is 0. The Kier molecular flexibility index (Phi) is 1.77. The van der Waals surface area contributed by atoms with Crippen molar-refractivity contribution in [1.29, 1.82) is 0 Å². The first kappa shape index (κ1) is 8.01. The van der Waals surface area contributed by atoms with E-state index in [0.717, 1.165) is 15.9 Å². The van der Waals surface area contributed by atoms with Crippen LogP contribution in [0.1, 0.15) is 11.1 Å². The molecule has 0 aromatic heterocycles. The molecule has 3 rings (SSSR count). The molecule has 0 N–H and O–H groups in total. The van der Waals surface area contributed by atoms with Crippen LogP contribution in [0.4, 0.5) is 0 Å². The molecule has 0 aliphatic carbocycles. The SMILES string of the molecule is c1ccc2c(c1)Cc1ccccc1[Si]2. The van der Waals surface area contributed by atoms with Gasteiger partial charge in [-0.05, 0) is 17.5 Å². The van der Waals surface area contributed by atoms with E-state index in [9.17, 15) is 0 Å². The van der Waals surface area contributed by atoms with Gasteiger partial charge in [-0.15, -0.1) is 0 Å². The summed E-state index contributed by atoms with van der Waals surface area (Å²) in [4.78, 5) is 0. The molecule has 1 heteroatoms. The van der Waals surface area contributed by atoms with E-state index in [-0.39, 0.29) is 0 Å². The minimum Gasteiger partial charge on any atom is -0.0628 e. The Morgan fingerprint density at radius 3 is 1.79 bits per heavy atom. The van der Waals surface area contributed by atoms with Crippen LogP contribution in [0.5, 0.6) is 0 Å². The molecule has 0 bridgehead atoms. The molecule has 2 aromatic carbocycles. The average molecular weight is 194 g/mol. The van der Waals surface area contributed by atoms with Gasteiger partial charge in [0.1, 0.15) is 9.52 Å². The Morgan fingerprint density at radius 2 is 1.21 bits per heavy atom. The lowest BCUT2D eigenvalue weighted by atomic mass is 10.0. The van der Waals surface area contributed by atoms with Crippen LogP contribution in [0.2, 0.25) is 0 Å². The van der Waals surface area contributed by atoms with E-state index < -0.39 is 0 Å². The summed E-state index contributed by atoms with van der Waals surface area (Å²) in [6.07, 6.45) is 1.11. The van der Waals surface area contributed by atoms with Crippen LogP contribution in [0.3, 0.4) is 0 Å². The third-order valence-electron chi connectivity index (χ3n) is 2.68. The third kappa shape index (κ3) is 1.21. The molecule has 0 amide bonds. The molecular formula is C13H10Si. The predicted octanol–water partition coefficient (Wildman–Crippen LogP) is 1.25. The fourth-order valence-corrected chi connectivity index (χ4v) is 3.26. The molecule has 1 heterocycles. The van der Waals surface area contributed by atoms with Crippen molar-refractivity contribution in [2.45, 2.75) is 6.42 Å². The minimum absolute atomic E-state index is 0.844. The van der Waals surface area contributed by atoms with Crippen molar-refractivity contribution in [3.8, 4) is 0 Å². The predicted molar refractivity (Wildman–Crippen MR) is 60.7 cm³/mol. The minimum atomic E-state index is 0.844. The maximum Gasteiger partial charge on any atom is 0.122 e. The van der Waals surface area contributed by atoms with Crippen LogP contribution in [0.15, 0.2) is 48.5 Å².